The summed E-state index contributed by atoms with van der Waals surface area (Å²) in [6.45, 7) is 10.4. The minimum absolute atomic E-state index is 0. The Hall–Kier alpha value is -1.11. The Morgan fingerprint density at radius 1 is 1.55 bits per heavy atom. The Morgan fingerprint density at radius 3 is 2.77 bits per heavy atom. The van der Waals surface area contributed by atoms with E-state index < -0.39 is 0 Å². The summed E-state index contributed by atoms with van der Waals surface area (Å²) in [6, 6.07) is 2.03. The predicted octanol–water partition coefficient (Wildman–Crippen LogP) is 2.00. The van der Waals surface area contributed by atoms with Gasteiger partial charge in [-0.1, -0.05) is 32.9 Å². The van der Waals surface area contributed by atoms with E-state index >= 15 is 0 Å². The highest BCUT2D eigenvalue weighted by Gasteiger charge is 2.25. The first kappa shape index (κ1) is 18.9. The Morgan fingerprint density at radius 2 is 2.23 bits per heavy atom. The number of nitrogens with one attached hydrogen (secondary N) is 1. The number of halogens is 1. The average molecular weight is 331 g/mol. The van der Waals surface area contributed by atoms with Crippen molar-refractivity contribution in [1.82, 2.24) is 10.1 Å². The van der Waals surface area contributed by atoms with Crippen LogP contribution in [0.1, 0.15) is 39.8 Å². The van der Waals surface area contributed by atoms with Crippen molar-refractivity contribution in [2.75, 3.05) is 25.0 Å². The molecule has 126 valence electrons. The molecule has 0 bridgehead atoms. The Balaban J connectivity index is 0.00000242. The number of rotatable bonds is 3. The molecule has 2 heterocycles. The number of carbonyl (C=O) groups excluding carboxylic acids is 1. The van der Waals surface area contributed by atoms with Gasteiger partial charge in [0.05, 0.1) is 12.2 Å². The zero-order chi connectivity index (χ0) is 15.6. The summed E-state index contributed by atoms with van der Waals surface area (Å²) >= 11 is 0. The lowest BCUT2D eigenvalue weighted by atomic mass is 9.92. The number of hydrogen-bond acceptors (Lipinski definition) is 5. The van der Waals surface area contributed by atoms with E-state index in [1.165, 1.54) is 0 Å². The second-order valence-electron chi connectivity index (χ2n) is 7.04. The molecule has 1 amide bonds. The van der Waals surface area contributed by atoms with Gasteiger partial charge >= 0.3 is 0 Å². The molecule has 1 aromatic heterocycles. The van der Waals surface area contributed by atoms with Gasteiger partial charge in [-0.15, -0.1) is 12.4 Å². The lowest BCUT2D eigenvalue weighted by Gasteiger charge is -2.34. The average Bonchev–Trinajstić information content (AvgIpc) is 2.82. The van der Waals surface area contributed by atoms with Crippen LogP contribution in [0.15, 0.2) is 10.6 Å². The minimum Gasteiger partial charge on any atom is -0.338 e. The molecule has 22 heavy (non-hydrogen) atoms. The fraction of sp³-hybridized carbons (Fsp3) is 0.733. The monoisotopic (exact) mass is 330 g/mol. The summed E-state index contributed by atoms with van der Waals surface area (Å²) in [5, 5.41) is 6.76. The Labute approximate surface area is 138 Å². The first-order valence-electron chi connectivity index (χ1n) is 7.50. The van der Waals surface area contributed by atoms with Crippen molar-refractivity contribution in [3.63, 3.8) is 0 Å². The third-order valence-corrected chi connectivity index (χ3v) is 3.96. The van der Waals surface area contributed by atoms with Crippen molar-refractivity contribution in [3.8, 4) is 0 Å². The van der Waals surface area contributed by atoms with Gasteiger partial charge in [-0.25, -0.2) is 0 Å². The number of nitrogens with two attached hydrogens (primary N) is 1. The summed E-state index contributed by atoms with van der Waals surface area (Å²) in [5.74, 6) is 0.755. The van der Waals surface area contributed by atoms with Crippen LogP contribution >= 0.6 is 12.4 Å². The summed E-state index contributed by atoms with van der Waals surface area (Å²) in [5.41, 5.74) is 6.72. The van der Waals surface area contributed by atoms with Gasteiger partial charge in [0.25, 0.3) is 0 Å². The van der Waals surface area contributed by atoms with Gasteiger partial charge in [0.15, 0.2) is 0 Å². The zero-order valence-electron chi connectivity index (χ0n) is 13.8. The summed E-state index contributed by atoms with van der Waals surface area (Å²) in [4.78, 5) is 14.2. The second kappa shape index (κ2) is 7.44. The number of aromatic nitrogens is 1. The molecule has 2 unspecified atom stereocenters. The van der Waals surface area contributed by atoms with Crippen molar-refractivity contribution in [3.05, 3.63) is 11.8 Å². The van der Waals surface area contributed by atoms with Crippen LogP contribution in [0.2, 0.25) is 0 Å². The topological polar surface area (TPSA) is 84.4 Å². The molecule has 2 rings (SSSR count). The fourth-order valence-electron chi connectivity index (χ4n) is 2.46. The molecule has 6 nitrogen and oxygen atoms in total. The summed E-state index contributed by atoms with van der Waals surface area (Å²) < 4.78 is 5.17. The highest BCUT2D eigenvalue weighted by Crippen LogP contribution is 2.23. The number of hydrogen-bond donors (Lipinski definition) is 2. The molecule has 0 aliphatic carbocycles. The van der Waals surface area contributed by atoms with Crippen molar-refractivity contribution < 1.29 is 9.32 Å². The molecule has 0 spiro atoms. The van der Waals surface area contributed by atoms with Gasteiger partial charge in [0.1, 0.15) is 0 Å². The number of carbonyl (C=O) groups is 1. The smallest absolute Gasteiger partial charge is 0.240 e. The molecule has 1 aromatic rings. The van der Waals surface area contributed by atoms with Crippen LogP contribution in [0.25, 0.3) is 0 Å². The van der Waals surface area contributed by atoms with Crippen LogP contribution in [0, 0.1) is 5.92 Å². The number of anilines is 1. The second-order valence-corrected chi connectivity index (χ2v) is 7.04. The predicted molar refractivity (Wildman–Crippen MR) is 89.3 cm³/mol. The van der Waals surface area contributed by atoms with E-state index in [9.17, 15) is 4.79 Å². The molecule has 7 heteroatoms. The standard InChI is InChI=1S/C15H26N4O2.ClH/c1-10-8-19(6-5-11(10)16)9-13(20)17-14-7-12(18-21-14)15(2,3)4;/h7,10-11H,5-6,8-9,16H2,1-4H3,(H,17,20);1H. The van der Waals surface area contributed by atoms with E-state index in [2.05, 4.69) is 43.1 Å². The highest BCUT2D eigenvalue weighted by atomic mass is 35.5. The van der Waals surface area contributed by atoms with E-state index in [1.54, 1.807) is 6.07 Å². The molecule has 1 aliphatic rings. The van der Waals surface area contributed by atoms with Gasteiger partial charge in [-0.3, -0.25) is 15.0 Å². The van der Waals surface area contributed by atoms with Gasteiger partial charge in [0.2, 0.25) is 11.8 Å². The molecule has 3 N–H and O–H groups in total. The maximum Gasteiger partial charge on any atom is 0.240 e. The highest BCUT2D eigenvalue weighted by molar-refractivity contribution is 5.91. The van der Waals surface area contributed by atoms with E-state index in [4.69, 9.17) is 10.3 Å². The maximum atomic E-state index is 12.1. The van der Waals surface area contributed by atoms with Gasteiger partial charge < -0.3 is 10.3 Å². The normalized spacial score (nSPS) is 23.0. The van der Waals surface area contributed by atoms with E-state index in [1.807, 2.05) is 0 Å². The van der Waals surface area contributed by atoms with Crippen molar-refractivity contribution in [1.29, 1.82) is 0 Å². The molecule has 2 atom stereocenters. The third kappa shape index (κ3) is 4.97. The van der Waals surface area contributed by atoms with Crippen LogP contribution < -0.4 is 11.1 Å². The molecule has 0 saturated carbocycles. The van der Waals surface area contributed by atoms with Crippen molar-refractivity contribution in [2.45, 2.75) is 45.6 Å². The quantitative estimate of drug-likeness (QED) is 0.885. The zero-order valence-corrected chi connectivity index (χ0v) is 14.6. The number of amides is 1. The number of nitrogens with zero attached hydrogens (tertiary/aromatic N) is 2. The molecular weight excluding hydrogens is 304 g/mol. The molecule has 0 radical (unpaired) electrons. The minimum atomic E-state index is -0.0923. The fourth-order valence-corrected chi connectivity index (χ4v) is 2.46. The van der Waals surface area contributed by atoms with Gasteiger partial charge in [0, 0.05) is 30.6 Å². The maximum absolute atomic E-state index is 12.1. The van der Waals surface area contributed by atoms with E-state index in [0.717, 1.165) is 25.2 Å². The van der Waals surface area contributed by atoms with Crippen LogP contribution in [-0.2, 0) is 10.2 Å². The lowest BCUT2D eigenvalue weighted by Crippen LogP contribution is -2.48. The SMILES string of the molecule is CC1CN(CC(=O)Nc2cc(C(C)(C)C)no2)CCC1N.Cl. The first-order chi connectivity index (χ1) is 9.75. The van der Waals surface area contributed by atoms with Crippen LogP contribution in [0.4, 0.5) is 5.88 Å². The number of likely N-dealkylation sites (tertiary alicyclic amines) is 1. The number of piperidine rings is 1. The van der Waals surface area contributed by atoms with Crippen LogP contribution in [0.3, 0.4) is 0 Å². The van der Waals surface area contributed by atoms with E-state index in [-0.39, 0.29) is 29.8 Å². The first-order valence-corrected chi connectivity index (χ1v) is 7.50. The van der Waals surface area contributed by atoms with Gasteiger partial charge in [-0.2, -0.15) is 0 Å². The molecule has 1 saturated heterocycles. The molecule has 1 aliphatic heterocycles. The van der Waals surface area contributed by atoms with Crippen molar-refractivity contribution in [2.24, 2.45) is 11.7 Å². The Bertz CT molecular complexity index is 498. The molecule has 0 aromatic carbocycles. The summed E-state index contributed by atoms with van der Waals surface area (Å²) in [7, 11) is 0. The summed E-state index contributed by atoms with van der Waals surface area (Å²) in [6.07, 6.45) is 0.935. The Kier molecular flexibility index (Phi) is 6.40. The molecule has 1 fully saturated rings. The van der Waals surface area contributed by atoms with Gasteiger partial charge in [-0.05, 0) is 12.3 Å². The van der Waals surface area contributed by atoms with Crippen LogP contribution in [-0.4, -0.2) is 41.6 Å². The largest absolute Gasteiger partial charge is 0.338 e. The molecular formula is C15H27ClN4O2. The van der Waals surface area contributed by atoms with E-state index in [0.29, 0.717) is 18.3 Å². The van der Waals surface area contributed by atoms with Crippen LogP contribution in [0.5, 0.6) is 0 Å². The van der Waals surface area contributed by atoms with Crippen molar-refractivity contribution >= 4 is 24.2 Å². The third-order valence-electron chi connectivity index (χ3n) is 3.96. The lowest BCUT2D eigenvalue weighted by molar-refractivity contribution is -0.117.